The van der Waals surface area contributed by atoms with Crippen LogP contribution < -0.4 is 13.7 Å². The number of rotatable bonds is 4. The third kappa shape index (κ3) is 5.77. The molecule has 2 aliphatic heterocycles. The van der Waals surface area contributed by atoms with Crippen LogP contribution in [0.4, 0.5) is 22.0 Å². The minimum atomic E-state index is -2.25. The van der Waals surface area contributed by atoms with Crippen molar-refractivity contribution in [2.45, 2.75) is 0 Å². The Morgan fingerprint density at radius 1 is 0.357 bits per heavy atom. The van der Waals surface area contributed by atoms with Gasteiger partial charge in [0.2, 0.25) is 5.82 Å². The van der Waals surface area contributed by atoms with Crippen molar-refractivity contribution in [1.82, 2.24) is 19.9 Å². The van der Waals surface area contributed by atoms with Crippen molar-refractivity contribution in [1.29, 1.82) is 0 Å². The predicted octanol–water partition coefficient (Wildman–Crippen LogP) is 8.49. The maximum absolute atomic E-state index is 15.8. The molecule has 1 aromatic carbocycles. The maximum atomic E-state index is 15.8. The molecule has 0 unspecified atom stereocenters. The van der Waals surface area contributed by atoms with E-state index in [0.717, 1.165) is 33.3 Å². The van der Waals surface area contributed by atoms with Gasteiger partial charge < -0.3 is 9.97 Å². The van der Waals surface area contributed by atoms with Crippen LogP contribution in [0.2, 0.25) is 0 Å². The van der Waals surface area contributed by atoms with Gasteiger partial charge in [0.15, 0.2) is 60.4 Å². The van der Waals surface area contributed by atoms with Crippen molar-refractivity contribution in [2.24, 2.45) is 21.1 Å². The van der Waals surface area contributed by atoms with E-state index < -0.39 is 34.6 Å². The van der Waals surface area contributed by atoms with Crippen LogP contribution in [0.5, 0.6) is 0 Å². The molecule has 2 aliphatic rings. The minimum Gasteiger partial charge on any atom is -0.354 e. The van der Waals surface area contributed by atoms with Crippen LogP contribution in [0, 0.1) is 29.1 Å². The largest absolute Gasteiger partial charge is 0.354 e. The van der Waals surface area contributed by atoms with Crippen LogP contribution in [0.15, 0.2) is 97.8 Å². The van der Waals surface area contributed by atoms with Gasteiger partial charge in [0.25, 0.3) is 0 Å². The zero-order valence-corrected chi connectivity index (χ0v) is 30.2. The average molecular weight is 753 g/mol. The van der Waals surface area contributed by atoms with Gasteiger partial charge in [-0.15, -0.1) is 0 Å². The lowest BCUT2D eigenvalue weighted by atomic mass is 10.00. The summed E-state index contributed by atoms with van der Waals surface area (Å²) in [5, 5.41) is 0. The molecular formula is C44H31F5N7+3. The second-order valence-electron chi connectivity index (χ2n) is 13.7. The van der Waals surface area contributed by atoms with Crippen LogP contribution in [0.3, 0.4) is 0 Å². The minimum absolute atomic E-state index is 0.0365. The highest BCUT2D eigenvalue weighted by molar-refractivity contribution is 6.00. The van der Waals surface area contributed by atoms with E-state index in [2.05, 4.69) is 9.97 Å². The van der Waals surface area contributed by atoms with Crippen molar-refractivity contribution in [3.8, 4) is 44.5 Å². The number of aromatic nitrogens is 7. The molecule has 9 rings (SSSR count). The van der Waals surface area contributed by atoms with Crippen molar-refractivity contribution < 1.29 is 35.7 Å². The molecule has 0 amide bonds. The topological polar surface area (TPSA) is 69.0 Å². The van der Waals surface area contributed by atoms with Gasteiger partial charge in [0, 0.05) is 80.7 Å². The summed E-state index contributed by atoms with van der Waals surface area (Å²) in [7, 11) is 5.72. The number of hydrogen-bond acceptors (Lipinski definition) is 2. The van der Waals surface area contributed by atoms with Gasteiger partial charge >= 0.3 is 0 Å². The number of halogens is 5. The predicted molar refractivity (Wildman–Crippen MR) is 204 cm³/mol. The fourth-order valence-electron chi connectivity index (χ4n) is 7.21. The van der Waals surface area contributed by atoms with Gasteiger partial charge in [-0.05, 0) is 65.3 Å². The lowest BCUT2D eigenvalue weighted by Crippen LogP contribution is -2.25. The molecule has 7 aromatic rings. The van der Waals surface area contributed by atoms with Gasteiger partial charge in [0.05, 0.1) is 28.3 Å². The summed E-state index contributed by atoms with van der Waals surface area (Å²) >= 11 is 0. The summed E-state index contributed by atoms with van der Waals surface area (Å²) in [6, 6.07) is 19.5. The Bertz CT molecular complexity index is 2810. The molecule has 56 heavy (non-hydrogen) atoms. The van der Waals surface area contributed by atoms with Crippen LogP contribution in [0.25, 0.3) is 90.9 Å². The standard InChI is InChI=1S/C44H30F5N7/c1-54-18-12-24(13-19-54)35-27-4-6-29(50-27)36(25-14-20-55(2)21-15-25)31-8-10-33(52-31)38(39-40(45)42(47)44(49)43(48)41(39)46)34-11-9-32(53-34)37(30-7-5-28(35)51-30)26-16-22-56(3)23-17-26/h4-23H,1-3H3,(H,50,51,52,53)/q+2/p+1. The van der Waals surface area contributed by atoms with Crippen LogP contribution in [0.1, 0.15) is 22.8 Å². The summed E-state index contributed by atoms with van der Waals surface area (Å²) in [5.74, 6) is -10.4. The molecule has 12 heteroatoms. The Morgan fingerprint density at radius 2 is 0.643 bits per heavy atom. The first-order valence-corrected chi connectivity index (χ1v) is 17.6. The Kier molecular flexibility index (Phi) is 8.26. The Balaban J connectivity index is 1.50. The average Bonchev–Trinajstić information content (AvgIpc) is 4.04. The Labute approximate surface area is 316 Å². The summed E-state index contributed by atoms with van der Waals surface area (Å²) in [4.78, 5) is 16.9. The lowest BCUT2D eigenvalue weighted by molar-refractivity contribution is -0.671. The number of benzene rings is 1. The number of aromatic amines is 2. The molecule has 274 valence electrons. The molecule has 0 saturated heterocycles. The van der Waals surface area contributed by atoms with Crippen molar-refractivity contribution in [3.63, 3.8) is 0 Å². The number of aryl methyl sites for hydroxylation is 3. The van der Waals surface area contributed by atoms with Gasteiger partial charge in [-0.25, -0.2) is 45.6 Å². The molecule has 8 bridgehead atoms. The highest BCUT2D eigenvalue weighted by Gasteiger charge is 2.31. The molecule has 8 heterocycles. The van der Waals surface area contributed by atoms with Crippen LogP contribution in [-0.4, -0.2) is 19.9 Å². The van der Waals surface area contributed by atoms with E-state index in [4.69, 9.17) is 9.97 Å². The lowest BCUT2D eigenvalue weighted by Gasteiger charge is -2.10. The third-order valence-corrected chi connectivity index (χ3v) is 10.0. The first-order chi connectivity index (χ1) is 27.0. The van der Waals surface area contributed by atoms with Crippen molar-refractivity contribution >= 4 is 46.4 Å². The highest BCUT2D eigenvalue weighted by Crippen LogP contribution is 2.40. The molecule has 0 aliphatic carbocycles. The number of nitrogens with one attached hydrogen (secondary N) is 2. The monoisotopic (exact) mass is 752 g/mol. The second kappa shape index (κ2) is 13.3. The molecule has 0 radical (unpaired) electrons. The number of H-pyrrole nitrogens is 2. The summed E-state index contributed by atoms with van der Waals surface area (Å²) < 4.78 is 81.6. The summed E-state index contributed by atoms with van der Waals surface area (Å²) in [6.07, 6.45) is 17.8. The number of pyridine rings is 3. The smallest absolute Gasteiger partial charge is 0.200 e. The van der Waals surface area contributed by atoms with E-state index in [9.17, 15) is 13.2 Å². The number of nitrogens with zero attached hydrogens (tertiary/aromatic N) is 5. The van der Waals surface area contributed by atoms with E-state index >= 15 is 8.78 Å². The van der Waals surface area contributed by atoms with E-state index in [1.165, 1.54) is 12.2 Å². The second-order valence-corrected chi connectivity index (χ2v) is 13.7. The molecule has 0 atom stereocenters. The van der Waals surface area contributed by atoms with Crippen LogP contribution >= 0.6 is 0 Å². The zero-order chi connectivity index (χ0) is 38.8. The highest BCUT2D eigenvalue weighted by atomic mass is 19.2. The number of hydrogen-bond donors (Lipinski definition) is 2. The van der Waals surface area contributed by atoms with Gasteiger partial charge in [-0.1, -0.05) is 0 Å². The summed E-state index contributed by atoms with van der Waals surface area (Å²) in [6.45, 7) is 0. The molecular weight excluding hydrogens is 722 g/mol. The van der Waals surface area contributed by atoms with Crippen LogP contribution in [-0.2, 0) is 21.1 Å². The van der Waals surface area contributed by atoms with E-state index in [1.807, 2.05) is 133 Å². The fraction of sp³-hybridized carbons (Fsp3) is 0.0682. The molecule has 6 aromatic heterocycles. The van der Waals surface area contributed by atoms with E-state index in [1.54, 1.807) is 12.2 Å². The zero-order valence-electron chi connectivity index (χ0n) is 30.2. The first-order valence-electron chi connectivity index (χ1n) is 17.6. The van der Waals surface area contributed by atoms with Gasteiger partial charge in [-0.3, -0.25) is 0 Å². The van der Waals surface area contributed by atoms with E-state index in [0.29, 0.717) is 33.5 Å². The third-order valence-electron chi connectivity index (χ3n) is 10.0. The quantitative estimate of drug-likeness (QED) is 0.0820. The normalized spacial score (nSPS) is 12.1. The molecule has 7 nitrogen and oxygen atoms in total. The van der Waals surface area contributed by atoms with Crippen molar-refractivity contribution in [2.75, 3.05) is 0 Å². The molecule has 0 spiro atoms. The maximum Gasteiger partial charge on any atom is 0.200 e. The number of fused-ring (bicyclic) bond motifs is 8. The molecule has 0 saturated carbocycles. The Hall–Kier alpha value is -7.08. The fourth-order valence-corrected chi connectivity index (χ4v) is 7.21. The molecule has 0 fully saturated rings. The summed E-state index contributed by atoms with van der Waals surface area (Å²) in [5.41, 5.74) is 6.79. The van der Waals surface area contributed by atoms with Gasteiger partial charge in [0.1, 0.15) is 21.1 Å². The SMILES string of the molecule is C[n+]1ccc(-c2c3nc(c(-c4c(F)c(F)c(F)c(F)c4F)c4nc(c(-c5cc[n+](C)cc5)c5ccc([nH]5)c(-c5cc[n+](C)cc5)c5ccc2[nH]5)C=C4)C=C3)cc1. The van der Waals surface area contributed by atoms with E-state index in [-0.39, 0.29) is 17.0 Å². The van der Waals surface area contributed by atoms with Gasteiger partial charge in [-0.2, -0.15) is 0 Å². The molecule has 2 N–H and O–H groups in total. The van der Waals surface area contributed by atoms with Crippen molar-refractivity contribution in [3.05, 3.63) is 150 Å². The Morgan fingerprint density at radius 3 is 1.00 bits per heavy atom. The first kappa shape index (κ1) is 34.7.